The molecule has 1 atom stereocenters. The Kier molecular flexibility index (Phi) is 6.68. The van der Waals surface area contributed by atoms with Gasteiger partial charge in [0.25, 0.3) is 0 Å². The lowest BCUT2D eigenvalue weighted by Gasteiger charge is -2.08. The fourth-order valence-electron chi connectivity index (χ4n) is 1.46. The van der Waals surface area contributed by atoms with Crippen LogP contribution in [0.2, 0.25) is 0 Å². The third-order valence-electron chi connectivity index (χ3n) is 2.43. The molecule has 0 aliphatic heterocycles. The lowest BCUT2D eigenvalue weighted by Crippen LogP contribution is -2.30. The molecule has 0 fully saturated rings. The van der Waals surface area contributed by atoms with E-state index in [1.807, 2.05) is 31.2 Å². The maximum atomic E-state index is 11.5. The molecule has 0 saturated carbocycles. The predicted molar refractivity (Wildman–Crippen MR) is 77.1 cm³/mol. The molecular weight excluding hydrogens is 294 g/mol. The van der Waals surface area contributed by atoms with Crippen molar-refractivity contribution in [1.82, 2.24) is 5.32 Å². The lowest BCUT2D eigenvalue weighted by molar-refractivity contribution is -0.116. The van der Waals surface area contributed by atoms with E-state index < -0.39 is 6.10 Å². The van der Waals surface area contributed by atoms with Crippen LogP contribution in [0.25, 0.3) is 6.08 Å². The molecule has 0 bridgehead atoms. The van der Waals surface area contributed by atoms with Crippen LogP contribution in [0.5, 0.6) is 0 Å². The zero-order chi connectivity index (χ0) is 13.4. The number of carbonyl (C=O) groups excluding carboxylic acids is 1. The summed E-state index contributed by atoms with van der Waals surface area (Å²) < 4.78 is 1.01. The molecule has 0 aromatic heterocycles. The highest BCUT2D eigenvalue weighted by Gasteiger charge is 2.03. The Morgan fingerprint density at radius 3 is 2.72 bits per heavy atom. The van der Waals surface area contributed by atoms with E-state index in [2.05, 4.69) is 21.2 Å². The van der Waals surface area contributed by atoms with Crippen molar-refractivity contribution in [3.8, 4) is 0 Å². The van der Waals surface area contributed by atoms with Gasteiger partial charge in [0.15, 0.2) is 0 Å². The predicted octanol–water partition coefficient (Wildman–Crippen LogP) is 2.74. The number of hydrogen-bond donors (Lipinski definition) is 2. The first-order chi connectivity index (χ1) is 8.61. The SMILES string of the molecule is CCCC(O)CNC(=O)/C=C/c1ccc(Br)cc1. The normalized spacial score (nSPS) is 12.6. The van der Waals surface area contributed by atoms with Crippen molar-refractivity contribution in [2.45, 2.75) is 25.9 Å². The van der Waals surface area contributed by atoms with Crippen LogP contribution >= 0.6 is 15.9 Å². The average molecular weight is 312 g/mol. The summed E-state index contributed by atoms with van der Waals surface area (Å²) in [7, 11) is 0. The highest BCUT2D eigenvalue weighted by atomic mass is 79.9. The minimum atomic E-state index is -0.458. The van der Waals surface area contributed by atoms with E-state index >= 15 is 0 Å². The number of nitrogens with one attached hydrogen (secondary N) is 1. The van der Waals surface area contributed by atoms with E-state index in [1.54, 1.807) is 6.08 Å². The molecule has 0 radical (unpaired) electrons. The van der Waals surface area contributed by atoms with Gasteiger partial charge < -0.3 is 10.4 Å². The first-order valence-corrected chi connectivity index (χ1v) is 6.80. The Bertz CT molecular complexity index is 401. The molecule has 1 rings (SSSR count). The average Bonchev–Trinajstić information content (AvgIpc) is 2.36. The fraction of sp³-hybridized carbons (Fsp3) is 0.357. The second-order valence-corrected chi connectivity index (χ2v) is 4.99. The standard InChI is InChI=1S/C14H18BrNO2/c1-2-3-13(17)10-16-14(18)9-6-11-4-7-12(15)8-5-11/h4-9,13,17H,2-3,10H2,1H3,(H,16,18)/b9-6+. The van der Waals surface area contributed by atoms with E-state index in [1.165, 1.54) is 6.08 Å². The van der Waals surface area contributed by atoms with E-state index in [0.29, 0.717) is 13.0 Å². The first kappa shape index (κ1) is 14.9. The van der Waals surface area contributed by atoms with E-state index in [9.17, 15) is 9.90 Å². The molecule has 1 aromatic carbocycles. The highest BCUT2D eigenvalue weighted by Crippen LogP contribution is 2.11. The van der Waals surface area contributed by atoms with Crippen LogP contribution in [0.1, 0.15) is 25.3 Å². The van der Waals surface area contributed by atoms with Crippen molar-refractivity contribution in [2.24, 2.45) is 0 Å². The van der Waals surface area contributed by atoms with Crippen LogP contribution in [0.4, 0.5) is 0 Å². The number of carbonyl (C=O) groups is 1. The van der Waals surface area contributed by atoms with Crippen LogP contribution in [0, 0.1) is 0 Å². The summed E-state index contributed by atoms with van der Waals surface area (Å²) in [5.74, 6) is -0.187. The molecule has 1 unspecified atom stereocenters. The number of aliphatic hydroxyl groups excluding tert-OH is 1. The maximum Gasteiger partial charge on any atom is 0.244 e. The van der Waals surface area contributed by atoms with Gasteiger partial charge in [-0.3, -0.25) is 4.79 Å². The van der Waals surface area contributed by atoms with Gasteiger partial charge in [0.1, 0.15) is 0 Å². The minimum absolute atomic E-state index is 0.187. The Balaban J connectivity index is 2.37. The molecule has 0 saturated heterocycles. The second-order valence-electron chi connectivity index (χ2n) is 4.07. The third kappa shape index (κ3) is 5.98. The van der Waals surface area contributed by atoms with Gasteiger partial charge in [0.2, 0.25) is 5.91 Å². The molecule has 18 heavy (non-hydrogen) atoms. The monoisotopic (exact) mass is 311 g/mol. The molecule has 1 amide bonds. The van der Waals surface area contributed by atoms with Gasteiger partial charge in [-0.2, -0.15) is 0 Å². The molecule has 98 valence electrons. The third-order valence-corrected chi connectivity index (χ3v) is 2.96. The number of aliphatic hydroxyl groups is 1. The van der Waals surface area contributed by atoms with Crippen molar-refractivity contribution in [1.29, 1.82) is 0 Å². The van der Waals surface area contributed by atoms with Crippen LogP contribution in [-0.4, -0.2) is 23.7 Å². The number of hydrogen-bond acceptors (Lipinski definition) is 2. The van der Waals surface area contributed by atoms with E-state index in [4.69, 9.17) is 0 Å². The second kappa shape index (κ2) is 8.06. The van der Waals surface area contributed by atoms with Crippen molar-refractivity contribution in [3.63, 3.8) is 0 Å². The van der Waals surface area contributed by atoms with Crippen LogP contribution in [0.3, 0.4) is 0 Å². The molecule has 3 nitrogen and oxygen atoms in total. The van der Waals surface area contributed by atoms with E-state index in [0.717, 1.165) is 16.5 Å². The summed E-state index contributed by atoms with van der Waals surface area (Å²) in [4.78, 5) is 11.5. The van der Waals surface area contributed by atoms with Crippen LogP contribution in [-0.2, 0) is 4.79 Å². The quantitative estimate of drug-likeness (QED) is 0.794. The maximum absolute atomic E-state index is 11.5. The lowest BCUT2D eigenvalue weighted by atomic mass is 10.2. The zero-order valence-corrected chi connectivity index (χ0v) is 12.0. The first-order valence-electron chi connectivity index (χ1n) is 6.01. The molecule has 4 heteroatoms. The summed E-state index contributed by atoms with van der Waals surface area (Å²) in [6, 6.07) is 7.67. The minimum Gasteiger partial charge on any atom is -0.391 e. The smallest absolute Gasteiger partial charge is 0.244 e. The topological polar surface area (TPSA) is 49.3 Å². The summed E-state index contributed by atoms with van der Waals surface area (Å²) in [6.07, 6.45) is 4.37. The Labute approximate surface area is 116 Å². The van der Waals surface area contributed by atoms with Crippen molar-refractivity contribution in [3.05, 3.63) is 40.4 Å². The largest absolute Gasteiger partial charge is 0.391 e. The van der Waals surface area contributed by atoms with Gasteiger partial charge in [-0.1, -0.05) is 41.4 Å². The molecule has 0 aliphatic rings. The van der Waals surface area contributed by atoms with Gasteiger partial charge in [0.05, 0.1) is 6.10 Å². The molecule has 0 spiro atoms. The molecule has 1 aromatic rings. The summed E-state index contributed by atoms with van der Waals surface area (Å²) in [5, 5.41) is 12.1. The number of halogens is 1. The molecular formula is C14H18BrNO2. The van der Waals surface area contributed by atoms with Crippen molar-refractivity contribution >= 4 is 27.9 Å². The number of benzene rings is 1. The Hall–Kier alpha value is -1.13. The number of rotatable bonds is 6. The molecule has 0 aliphatic carbocycles. The van der Waals surface area contributed by atoms with Crippen LogP contribution < -0.4 is 5.32 Å². The zero-order valence-electron chi connectivity index (χ0n) is 10.4. The molecule has 2 N–H and O–H groups in total. The van der Waals surface area contributed by atoms with Gasteiger partial charge in [0, 0.05) is 17.1 Å². The Morgan fingerprint density at radius 2 is 2.11 bits per heavy atom. The van der Waals surface area contributed by atoms with Crippen molar-refractivity contribution in [2.75, 3.05) is 6.54 Å². The van der Waals surface area contributed by atoms with E-state index in [-0.39, 0.29) is 5.91 Å². The summed E-state index contributed by atoms with van der Waals surface area (Å²) in [5.41, 5.74) is 0.961. The molecule has 0 heterocycles. The summed E-state index contributed by atoms with van der Waals surface area (Å²) >= 11 is 3.35. The summed E-state index contributed by atoms with van der Waals surface area (Å²) in [6.45, 7) is 2.30. The van der Waals surface area contributed by atoms with Crippen LogP contribution in [0.15, 0.2) is 34.8 Å². The van der Waals surface area contributed by atoms with Gasteiger partial charge in [-0.25, -0.2) is 0 Å². The number of amides is 1. The Morgan fingerprint density at radius 1 is 1.44 bits per heavy atom. The fourth-order valence-corrected chi connectivity index (χ4v) is 1.72. The van der Waals surface area contributed by atoms with Gasteiger partial charge in [-0.15, -0.1) is 0 Å². The van der Waals surface area contributed by atoms with Crippen molar-refractivity contribution < 1.29 is 9.90 Å². The van der Waals surface area contributed by atoms with Gasteiger partial charge in [-0.05, 0) is 30.2 Å². The van der Waals surface area contributed by atoms with Gasteiger partial charge >= 0.3 is 0 Å². The highest BCUT2D eigenvalue weighted by molar-refractivity contribution is 9.10.